The summed E-state index contributed by atoms with van der Waals surface area (Å²) in [6, 6.07) is 6.09. The van der Waals surface area contributed by atoms with Crippen molar-refractivity contribution < 1.29 is 14.2 Å². The fourth-order valence-electron chi connectivity index (χ4n) is 1.63. The van der Waals surface area contributed by atoms with E-state index in [-0.39, 0.29) is 0 Å². The molecule has 6 nitrogen and oxygen atoms in total. The molecule has 0 saturated heterocycles. The Morgan fingerprint density at radius 2 is 1.14 bits per heavy atom. The van der Waals surface area contributed by atoms with Crippen LogP contribution < -0.4 is 0 Å². The minimum atomic E-state index is -0.420. The van der Waals surface area contributed by atoms with Gasteiger partial charge in [-0.15, -0.1) is 0 Å². The number of nitriles is 3. The first-order valence-electron chi connectivity index (χ1n) is 7.09. The number of rotatable bonds is 13. The lowest BCUT2D eigenvalue weighted by molar-refractivity contribution is -0.0693. The molecule has 6 heteroatoms. The van der Waals surface area contributed by atoms with Crippen LogP contribution in [0.2, 0.25) is 0 Å². The molecule has 21 heavy (non-hydrogen) atoms. The van der Waals surface area contributed by atoms with Gasteiger partial charge < -0.3 is 14.2 Å². The predicted octanol–water partition coefficient (Wildman–Crippen LogP) is 2.32. The van der Waals surface area contributed by atoms with Crippen LogP contribution in [-0.2, 0) is 14.2 Å². The van der Waals surface area contributed by atoms with Gasteiger partial charge in [-0.25, -0.2) is 0 Å². The molecule has 0 atom stereocenters. The van der Waals surface area contributed by atoms with Gasteiger partial charge in [-0.2, -0.15) is 15.8 Å². The van der Waals surface area contributed by atoms with Crippen LogP contribution in [0.3, 0.4) is 0 Å². The van der Waals surface area contributed by atoms with Crippen molar-refractivity contribution >= 4 is 0 Å². The van der Waals surface area contributed by atoms with Gasteiger partial charge in [-0.1, -0.05) is 0 Å². The van der Waals surface area contributed by atoms with Crippen molar-refractivity contribution in [2.24, 2.45) is 0 Å². The first-order valence-corrected chi connectivity index (χ1v) is 7.09. The summed E-state index contributed by atoms with van der Waals surface area (Å²) in [7, 11) is 0. The monoisotopic (exact) mass is 293 g/mol. The average Bonchev–Trinajstić information content (AvgIpc) is 2.47. The molecule has 116 valence electrons. The maximum absolute atomic E-state index is 8.57. The normalized spacial score (nSPS) is 10.6. The average molecular weight is 293 g/mol. The Morgan fingerprint density at radius 3 is 1.57 bits per heavy atom. The summed E-state index contributed by atoms with van der Waals surface area (Å²) >= 11 is 0. The van der Waals surface area contributed by atoms with Crippen molar-refractivity contribution in [3.63, 3.8) is 0 Å². The molecule has 0 aromatic carbocycles. The second-order valence-electron chi connectivity index (χ2n) is 4.75. The highest BCUT2D eigenvalue weighted by atomic mass is 16.5. The van der Waals surface area contributed by atoms with Crippen molar-refractivity contribution in [2.75, 3.05) is 33.0 Å². The molecule has 0 amide bonds. The molecule has 0 aromatic rings. The highest BCUT2D eigenvalue weighted by Gasteiger charge is 2.24. The van der Waals surface area contributed by atoms with Crippen molar-refractivity contribution in [3.05, 3.63) is 0 Å². The summed E-state index contributed by atoms with van der Waals surface area (Å²) < 4.78 is 16.5. The summed E-state index contributed by atoms with van der Waals surface area (Å²) in [6.45, 7) is 4.19. The minimum absolute atomic E-state index is 0.347. The minimum Gasteiger partial charge on any atom is -0.380 e. The van der Waals surface area contributed by atoms with E-state index in [1.54, 1.807) is 0 Å². The smallest absolute Gasteiger partial charge is 0.0698 e. The summed E-state index contributed by atoms with van der Waals surface area (Å²) in [6.07, 6.45) is 2.45. The summed E-state index contributed by atoms with van der Waals surface area (Å²) in [5.74, 6) is 0. The molecule has 0 fully saturated rings. The van der Waals surface area contributed by atoms with E-state index in [1.165, 1.54) is 0 Å². The van der Waals surface area contributed by atoms with E-state index >= 15 is 0 Å². The van der Waals surface area contributed by atoms with Gasteiger partial charge in [-0.3, -0.25) is 0 Å². The Kier molecular flexibility index (Phi) is 12.3. The third-order valence-corrected chi connectivity index (χ3v) is 2.93. The van der Waals surface area contributed by atoms with Crippen LogP contribution in [0.5, 0.6) is 0 Å². The summed E-state index contributed by atoms with van der Waals surface area (Å²) in [4.78, 5) is 0. The van der Waals surface area contributed by atoms with Crippen LogP contribution in [0.4, 0.5) is 0 Å². The van der Waals surface area contributed by atoms with E-state index in [0.717, 1.165) is 0 Å². The van der Waals surface area contributed by atoms with Crippen LogP contribution in [0, 0.1) is 34.0 Å². The Labute approximate surface area is 126 Å². The molecule has 0 unspecified atom stereocenters. The molecular weight excluding hydrogens is 270 g/mol. The fourth-order valence-corrected chi connectivity index (χ4v) is 1.63. The van der Waals surface area contributed by atoms with E-state index in [9.17, 15) is 0 Å². The third-order valence-electron chi connectivity index (χ3n) is 2.93. The van der Waals surface area contributed by atoms with Crippen LogP contribution >= 0.6 is 0 Å². The van der Waals surface area contributed by atoms with E-state index in [1.807, 2.05) is 25.1 Å². The van der Waals surface area contributed by atoms with Crippen molar-refractivity contribution in [1.29, 1.82) is 15.8 Å². The molecular formula is C15H23N3O3. The quantitative estimate of drug-likeness (QED) is 0.483. The van der Waals surface area contributed by atoms with Crippen molar-refractivity contribution in [1.82, 2.24) is 0 Å². The fraction of sp³-hybridized carbons (Fsp3) is 0.800. The lowest BCUT2D eigenvalue weighted by Crippen LogP contribution is -2.32. The van der Waals surface area contributed by atoms with Crippen molar-refractivity contribution in [2.45, 2.75) is 44.6 Å². The first-order chi connectivity index (χ1) is 10.2. The lowest BCUT2D eigenvalue weighted by Gasteiger charge is -2.29. The second-order valence-corrected chi connectivity index (χ2v) is 4.75. The molecule has 0 aromatic heterocycles. The Hall–Kier alpha value is -1.65. The largest absolute Gasteiger partial charge is 0.380 e. The van der Waals surface area contributed by atoms with Crippen LogP contribution in [0.15, 0.2) is 0 Å². The van der Waals surface area contributed by atoms with Gasteiger partial charge in [0.15, 0.2) is 0 Å². The van der Waals surface area contributed by atoms with E-state index in [2.05, 4.69) is 0 Å². The zero-order valence-electron chi connectivity index (χ0n) is 12.6. The van der Waals surface area contributed by atoms with Crippen LogP contribution in [-0.4, -0.2) is 38.6 Å². The van der Waals surface area contributed by atoms with Crippen LogP contribution in [0.1, 0.15) is 39.0 Å². The molecule has 0 bridgehead atoms. The van der Waals surface area contributed by atoms with Gasteiger partial charge in [0, 0.05) is 13.2 Å². The number of ether oxygens (including phenoxy) is 3. The summed E-state index contributed by atoms with van der Waals surface area (Å²) in [5.41, 5.74) is -0.420. The van der Waals surface area contributed by atoms with Gasteiger partial charge in [0.05, 0.1) is 62.9 Å². The molecule has 0 aliphatic carbocycles. The highest BCUT2D eigenvalue weighted by molar-refractivity contribution is 4.78. The van der Waals surface area contributed by atoms with Gasteiger partial charge in [-0.05, 0) is 19.8 Å². The molecule has 0 spiro atoms. The maximum Gasteiger partial charge on any atom is 0.0698 e. The van der Waals surface area contributed by atoms with E-state index < -0.39 is 5.60 Å². The summed E-state index contributed by atoms with van der Waals surface area (Å²) in [5, 5.41) is 25.4. The molecule has 0 radical (unpaired) electrons. The SMILES string of the molecule is CC(CCOCCC#N)(CCOCCC#N)OCCC#N. The first kappa shape index (κ1) is 19.4. The molecule has 0 rings (SSSR count). The number of hydrogen-bond acceptors (Lipinski definition) is 6. The zero-order valence-corrected chi connectivity index (χ0v) is 12.6. The van der Waals surface area contributed by atoms with Crippen molar-refractivity contribution in [3.8, 4) is 18.2 Å². The van der Waals surface area contributed by atoms with Gasteiger partial charge >= 0.3 is 0 Å². The van der Waals surface area contributed by atoms with Crippen LogP contribution in [0.25, 0.3) is 0 Å². The van der Waals surface area contributed by atoms with Gasteiger partial charge in [0.25, 0.3) is 0 Å². The predicted molar refractivity (Wildman–Crippen MR) is 75.9 cm³/mol. The molecule has 0 saturated carbocycles. The van der Waals surface area contributed by atoms with Gasteiger partial charge in [0.1, 0.15) is 0 Å². The second kappa shape index (κ2) is 13.3. The van der Waals surface area contributed by atoms with Gasteiger partial charge in [0.2, 0.25) is 0 Å². The molecule has 0 heterocycles. The number of hydrogen-bond donors (Lipinski definition) is 0. The highest BCUT2D eigenvalue weighted by Crippen LogP contribution is 2.21. The maximum atomic E-state index is 8.57. The Morgan fingerprint density at radius 1 is 0.714 bits per heavy atom. The number of nitrogens with zero attached hydrogens (tertiary/aromatic N) is 3. The zero-order chi connectivity index (χ0) is 15.8. The molecule has 0 N–H and O–H groups in total. The Bertz CT molecular complexity index is 355. The topological polar surface area (TPSA) is 99.1 Å². The molecule has 0 aliphatic rings. The molecule has 0 aliphatic heterocycles. The Balaban J connectivity index is 4.05. The lowest BCUT2D eigenvalue weighted by atomic mass is 9.98. The van der Waals surface area contributed by atoms with E-state index in [0.29, 0.717) is 65.1 Å². The standard InChI is InChI=1S/C15H23N3O3/c1-15(21-12-4-9-18,5-13-19-10-2-7-16)6-14-20-11-3-8-17/h2-6,10-14H2,1H3. The van der Waals surface area contributed by atoms with E-state index in [4.69, 9.17) is 30.0 Å². The third kappa shape index (κ3) is 11.8.